The van der Waals surface area contributed by atoms with Gasteiger partial charge >= 0.3 is 0 Å². The van der Waals surface area contributed by atoms with Gasteiger partial charge in [-0.2, -0.15) is 0 Å². The van der Waals surface area contributed by atoms with E-state index in [1.807, 2.05) is 0 Å². The largest absolute Gasteiger partial charge is 0.380 e. The van der Waals surface area contributed by atoms with Crippen LogP contribution in [0.15, 0.2) is 23.1 Å². The van der Waals surface area contributed by atoms with Gasteiger partial charge in [0, 0.05) is 18.7 Å². The predicted molar refractivity (Wildman–Crippen MR) is 75.1 cm³/mol. The summed E-state index contributed by atoms with van der Waals surface area (Å²) in [6.45, 7) is 0.936. The van der Waals surface area contributed by atoms with Crippen LogP contribution in [-0.2, 0) is 14.8 Å². The van der Waals surface area contributed by atoms with Crippen LogP contribution < -0.4 is 16.0 Å². The van der Waals surface area contributed by atoms with E-state index in [1.165, 1.54) is 6.07 Å². The minimum absolute atomic E-state index is 0.0669. The van der Waals surface area contributed by atoms with Crippen LogP contribution in [0.2, 0.25) is 0 Å². The molecule has 1 aliphatic rings. The van der Waals surface area contributed by atoms with Gasteiger partial charge in [0.25, 0.3) is 5.69 Å². The van der Waals surface area contributed by atoms with E-state index in [0.717, 1.165) is 18.6 Å². The van der Waals surface area contributed by atoms with Gasteiger partial charge in [-0.3, -0.25) is 16.0 Å². The van der Waals surface area contributed by atoms with Crippen molar-refractivity contribution in [1.29, 1.82) is 0 Å². The second-order valence-corrected chi connectivity index (χ2v) is 6.33. The van der Waals surface area contributed by atoms with Crippen LogP contribution >= 0.6 is 0 Å². The van der Waals surface area contributed by atoms with Gasteiger partial charge in [0.2, 0.25) is 10.0 Å². The number of nitro groups is 1. The smallest absolute Gasteiger partial charge is 0.293 e. The van der Waals surface area contributed by atoms with Crippen molar-refractivity contribution in [2.75, 3.05) is 18.6 Å². The van der Waals surface area contributed by atoms with Crippen LogP contribution in [0.1, 0.15) is 12.8 Å². The quantitative estimate of drug-likeness (QED) is 0.404. The summed E-state index contributed by atoms with van der Waals surface area (Å²) in [6.07, 6.45) is 1.47. The molecule has 4 N–H and O–H groups in total. The summed E-state index contributed by atoms with van der Waals surface area (Å²) in [5.74, 6) is 5.20. The first-order chi connectivity index (χ1) is 9.94. The van der Waals surface area contributed by atoms with Crippen molar-refractivity contribution >= 4 is 21.4 Å². The van der Waals surface area contributed by atoms with Gasteiger partial charge in [0.05, 0.1) is 16.4 Å². The molecule has 0 radical (unpaired) electrons. The number of sulfonamides is 1. The number of nitrogen functional groups attached to an aromatic ring is 1. The van der Waals surface area contributed by atoms with Gasteiger partial charge in [-0.1, -0.05) is 0 Å². The van der Waals surface area contributed by atoms with Crippen molar-refractivity contribution in [3.05, 3.63) is 28.3 Å². The van der Waals surface area contributed by atoms with E-state index in [9.17, 15) is 18.5 Å². The lowest BCUT2D eigenvalue weighted by Gasteiger charge is -2.23. The first-order valence-electron chi connectivity index (χ1n) is 6.29. The molecule has 1 heterocycles. The van der Waals surface area contributed by atoms with E-state index in [-0.39, 0.29) is 22.3 Å². The molecule has 10 heteroatoms. The van der Waals surface area contributed by atoms with Crippen molar-refractivity contribution in [3.63, 3.8) is 0 Å². The summed E-state index contributed by atoms with van der Waals surface area (Å²) in [5, 5.41) is 10.8. The molecular weight excluding hydrogens is 300 g/mol. The SMILES string of the molecule is NNc1cc(S(=O)(=O)NC2CCCOC2)ccc1[N+](=O)[O-]. The van der Waals surface area contributed by atoms with Gasteiger partial charge < -0.3 is 10.2 Å². The molecule has 0 aliphatic carbocycles. The lowest BCUT2D eigenvalue weighted by atomic mass is 10.1. The third-order valence-electron chi connectivity index (χ3n) is 3.11. The molecule has 1 atom stereocenters. The molecule has 0 amide bonds. The monoisotopic (exact) mass is 316 g/mol. The molecule has 1 unspecified atom stereocenters. The summed E-state index contributed by atoms with van der Waals surface area (Å²) in [6, 6.07) is 3.10. The lowest BCUT2D eigenvalue weighted by molar-refractivity contribution is -0.384. The normalized spacial score (nSPS) is 19.2. The molecule has 1 aromatic rings. The van der Waals surface area contributed by atoms with Crippen LogP contribution in [0.5, 0.6) is 0 Å². The number of hydrogen-bond acceptors (Lipinski definition) is 7. The maximum atomic E-state index is 12.2. The summed E-state index contributed by atoms with van der Waals surface area (Å²) in [7, 11) is -3.78. The van der Waals surface area contributed by atoms with Crippen LogP contribution in [-0.4, -0.2) is 32.6 Å². The molecule has 0 saturated carbocycles. The zero-order chi connectivity index (χ0) is 15.5. The van der Waals surface area contributed by atoms with Gasteiger partial charge in [-0.15, -0.1) is 0 Å². The molecule has 2 rings (SSSR count). The summed E-state index contributed by atoms with van der Waals surface area (Å²) in [5.41, 5.74) is 1.77. The van der Waals surface area contributed by atoms with E-state index in [2.05, 4.69) is 10.1 Å². The Morgan fingerprint density at radius 3 is 2.76 bits per heavy atom. The first kappa shape index (κ1) is 15.6. The van der Waals surface area contributed by atoms with E-state index in [4.69, 9.17) is 10.6 Å². The fraction of sp³-hybridized carbons (Fsp3) is 0.455. The number of anilines is 1. The minimum Gasteiger partial charge on any atom is -0.380 e. The maximum absolute atomic E-state index is 12.2. The summed E-state index contributed by atoms with van der Waals surface area (Å²) < 4.78 is 32.2. The molecule has 1 saturated heterocycles. The van der Waals surface area contributed by atoms with E-state index < -0.39 is 14.9 Å². The van der Waals surface area contributed by atoms with Gasteiger partial charge in [-0.25, -0.2) is 13.1 Å². The number of benzene rings is 1. The molecule has 0 aromatic heterocycles. The number of rotatable bonds is 5. The highest BCUT2D eigenvalue weighted by molar-refractivity contribution is 7.89. The Morgan fingerprint density at radius 2 is 2.19 bits per heavy atom. The number of hydrogen-bond donors (Lipinski definition) is 3. The predicted octanol–water partition coefficient (Wildman–Crippen LogP) is 0.338. The van der Waals surface area contributed by atoms with Gasteiger partial charge in [-0.05, 0) is 25.0 Å². The average Bonchev–Trinajstić information content (AvgIpc) is 2.47. The summed E-state index contributed by atoms with van der Waals surface area (Å²) >= 11 is 0. The van der Waals surface area contributed by atoms with Crippen molar-refractivity contribution in [2.24, 2.45) is 5.84 Å². The van der Waals surface area contributed by atoms with Crippen LogP contribution in [0.25, 0.3) is 0 Å². The fourth-order valence-corrected chi connectivity index (χ4v) is 3.36. The van der Waals surface area contributed by atoms with Gasteiger partial charge in [0.15, 0.2) is 0 Å². The minimum atomic E-state index is -3.78. The Balaban J connectivity index is 2.25. The maximum Gasteiger partial charge on any atom is 0.293 e. The summed E-state index contributed by atoms with van der Waals surface area (Å²) in [4.78, 5) is 10.1. The highest BCUT2D eigenvalue weighted by atomic mass is 32.2. The van der Waals surface area contributed by atoms with E-state index in [0.29, 0.717) is 19.6 Å². The van der Waals surface area contributed by atoms with Crippen LogP contribution in [0, 0.1) is 10.1 Å². The second kappa shape index (κ2) is 6.35. The number of nitrogens with one attached hydrogen (secondary N) is 2. The Labute approximate surface area is 121 Å². The standard InChI is InChI=1S/C11H16N4O5S/c12-13-10-6-9(3-4-11(10)15(16)17)21(18,19)14-8-2-1-5-20-7-8/h3-4,6,8,13-14H,1-2,5,7,12H2. The third-order valence-corrected chi connectivity index (χ3v) is 4.63. The zero-order valence-corrected chi connectivity index (χ0v) is 11.9. The first-order valence-corrected chi connectivity index (χ1v) is 7.77. The topological polar surface area (TPSA) is 137 Å². The second-order valence-electron chi connectivity index (χ2n) is 4.62. The van der Waals surface area contributed by atoms with Gasteiger partial charge in [0.1, 0.15) is 5.69 Å². The molecular formula is C11H16N4O5S. The highest BCUT2D eigenvalue weighted by Gasteiger charge is 2.24. The molecule has 9 nitrogen and oxygen atoms in total. The fourth-order valence-electron chi connectivity index (χ4n) is 2.08. The van der Waals surface area contributed by atoms with Crippen molar-refractivity contribution in [2.45, 2.75) is 23.8 Å². The molecule has 0 spiro atoms. The highest BCUT2D eigenvalue weighted by Crippen LogP contribution is 2.26. The molecule has 21 heavy (non-hydrogen) atoms. The number of nitro benzene ring substituents is 1. The van der Waals surface area contributed by atoms with Crippen LogP contribution in [0.3, 0.4) is 0 Å². The zero-order valence-electron chi connectivity index (χ0n) is 11.1. The molecule has 1 aromatic carbocycles. The Bertz CT molecular complexity index is 628. The Kier molecular flexibility index (Phi) is 4.73. The molecule has 1 fully saturated rings. The number of ether oxygens (including phenoxy) is 1. The third kappa shape index (κ3) is 3.67. The Hall–Kier alpha value is -1.75. The van der Waals surface area contributed by atoms with E-state index >= 15 is 0 Å². The number of nitrogens with zero attached hydrogens (tertiary/aromatic N) is 1. The molecule has 0 bridgehead atoms. The average molecular weight is 316 g/mol. The molecule has 116 valence electrons. The van der Waals surface area contributed by atoms with Crippen molar-refractivity contribution < 1.29 is 18.1 Å². The van der Waals surface area contributed by atoms with Crippen LogP contribution in [0.4, 0.5) is 11.4 Å². The Morgan fingerprint density at radius 1 is 1.43 bits per heavy atom. The van der Waals surface area contributed by atoms with Crippen molar-refractivity contribution in [3.8, 4) is 0 Å². The number of nitrogens with two attached hydrogens (primary N) is 1. The lowest BCUT2D eigenvalue weighted by Crippen LogP contribution is -2.40. The molecule has 1 aliphatic heterocycles. The number of hydrazine groups is 1. The van der Waals surface area contributed by atoms with E-state index in [1.54, 1.807) is 0 Å². The van der Waals surface area contributed by atoms with Crippen molar-refractivity contribution in [1.82, 2.24) is 4.72 Å².